The van der Waals surface area contributed by atoms with E-state index in [1.807, 2.05) is 21.1 Å². The number of carboxylic acids is 1. The van der Waals surface area contributed by atoms with Crippen molar-refractivity contribution in [2.75, 3.05) is 47.5 Å². The van der Waals surface area contributed by atoms with E-state index < -0.39 is 24.3 Å². The van der Waals surface area contributed by atoms with Crippen molar-refractivity contribution in [3.05, 3.63) is 122 Å². The highest BCUT2D eigenvalue weighted by atomic mass is 16.7. The molecule has 0 aromatic rings. The van der Waals surface area contributed by atoms with Crippen LogP contribution in [0.5, 0.6) is 0 Å². The van der Waals surface area contributed by atoms with E-state index in [4.69, 9.17) is 18.9 Å². The molecule has 0 aliphatic rings. The first kappa shape index (κ1) is 76.7. The van der Waals surface area contributed by atoms with E-state index in [1.165, 1.54) is 109 Å². The minimum atomic E-state index is -1.63. The van der Waals surface area contributed by atoms with Gasteiger partial charge in [-0.25, -0.2) is 0 Å². The van der Waals surface area contributed by atoms with E-state index in [0.717, 1.165) is 116 Å². The Labute approximate surface area is 497 Å². The molecule has 0 rings (SSSR count). The summed E-state index contributed by atoms with van der Waals surface area (Å²) in [4.78, 5) is 37.4. The van der Waals surface area contributed by atoms with Crippen LogP contribution < -0.4 is 5.11 Å². The van der Waals surface area contributed by atoms with Gasteiger partial charge >= 0.3 is 11.9 Å². The highest BCUT2D eigenvalue weighted by Gasteiger charge is 2.22. The zero-order valence-corrected chi connectivity index (χ0v) is 52.6. The number of allylic oxidation sites excluding steroid dienone is 20. The number of hydrogen-bond donors (Lipinski definition) is 0. The van der Waals surface area contributed by atoms with Gasteiger partial charge in [-0.1, -0.05) is 264 Å². The maximum atomic E-state index is 12.9. The number of carboxylic acid groups (broad SMARTS) is 1. The summed E-state index contributed by atoms with van der Waals surface area (Å²) in [7, 11) is 5.92. The number of aliphatic carboxylic acids is 1. The molecule has 0 aliphatic heterocycles. The van der Waals surface area contributed by atoms with E-state index in [0.29, 0.717) is 17.4 Å². The first-order valence-electron chi connectivity index (χ1n) is 32.7. The molecule has 0 saturated heterocycles. The second-order valence-corrected chi connectivity index (χ2v) is 22.6. The summed E-state index contributed by atoms with van der Waals surface area (Å²) in [5.41, 5.74) is 0. The Balaban J connectivity index is 4.07. The zero-order valence-electron chi connectivity index (χ0n) is 52.6. The molecule has 2 atom stereocenters. The van der Waals surface area contributed by atoms with Crippen molar-refractivity contribution in [2.45, 2.75) is 270 Å². The number of carbonyl (C=O) groups excluding carboxylic acids is 3. The number of carbonyl (C=O) groups is 3. The molecule has 0 bridgehead atoms. The van der Waals surface area contributed by atoms with Crippen LogP contribution in [-0.4, -0.2) is 82.3 Å². The van der Waals surface area contributed by atoms with Gasteiger partial charge in [0.1, 0.15) is 13.2 Å². The standard InChI is InChI=1S/C72H121NO8/c1-6-8-10-12-14-16-18-20-22-24-25-26-27-28-29-30-31-32-33-34-35-36-37-38-39-40-41-42-43-44-45-47-49-51-53-55-57-59-61-63-70(75)81-68(67-80-72(71(76)77)78-65-64-73(3,4)5)66-79-69(74)62-60-58-56-54-52-50-48-46-23-21-19-17-15-13-11-9-7-2/h8-11,14-17,20-23,25-26,28-29,31-32,34-35,68,72H,6-7,12-13,18-19,24,27,30,33,36-67H2,1-5H3/b10-8-,11-9-,16-14-,17-15-,22-20-,23-21-,26-25-,29-28-,32-31-,35-34-. The fraction of sp³-hybridized carbons (Fsp3) is 0.681. The molecule has 9 heteroatoms. The van der Waals surface area contributed by atoms with Crippen LogP contribution in [0.4, 0.5) is 0 Å². The van der Waals surface area contributed by atoms with Gasteiger partial charge in [0, 0.05) is 12.8 Å². The molecule has 0 aromatic carbocycles. The first-order valence-corrected chi connectivity index (χ1v) is 32.7. The SMILES string of the molecule is CC/C=C\C/C=C\C/C=C\C/C=C\C/C=C\C/C=C\C/C=C\CCCCCCCCCCCCCCCCCCCC(=O)OC(COC(=O)CCCCCCCCC/C=C\C/C=C\C/C=C\CC)COC(OCC[N+](C)(C)C)C(=O)[O-]. The molecule has 2 unspecified atom stereocenters. The zero-order chi connectivity index (χ0) is 59.1. The Morgan fingerprint density at radius 1 is 0.370 bits per heavy atom. The summed E-state index contributed by atoms with van der Waals surface area (Å²) in [6.45, 7) is 4.51. The maximum Gasteiger partial charge on any atom is 0.306 e. The van der Waals surface area contributed by atoms with E-state index in [-0.39, 0.29) is 38.6 Å². The van der Waals surface area contributed by atoms with Crippen molar-refractivity contribution in [3.8, 4) is 0 Å². The molecule has 0 heterocycles. The Hall–Kier alpha value is -4.31. The molecule has 0 saturated carbocycles. The largest absolute Gasteiger partial charge is 0.545 e. The van der Waals surface area contributed by atoms with Crippen LogP contribution >= 0.6 is 0 Å². The molecule has 0 aliphatic carbocycles. The lowest BCUT2D eigenvalue weighted by molar-refractivity contribution is -0.870. The lowest BCUT2D eigenvalue weighted by Crippen LogP contribution is -2.44. The van der Waals surface area contributed by atoms with Crippen molar-refractivity contribution >= 4 is 17.9 Å². The second-order valence-electron chi connectivity index (χ2n) is 22.6. The first-order chi connectivity index (χ1) is 39.6. The Kier molecular flexibility index (Phi) is 58.5. The summed E-state index contributed by atoms with van der Waals surface area (Å²) in [5.74, 6) is -2.30. The van der Waals surface area contributed by atoms with Gasteiger partial charge in [0.15, 0.2) is 12.4 Å². The summed E-state index contributed by atoms with van der Waals surface area (Å²) in [5, 5.41) is 11.8. The average Bonchev–Trinajstić information content (AvgIpc) is 3.44. The van der Waals surface area contributed by atoms with Crippen molar-refractivity contribution in [2.24, 2.45) is 0 Å². The molecular weight excluding hydrogens is 1010 g/mol. The van der Waals surface area contributed by atoms with Crippen molar-refractivity contribution < 1.29 is 42.9 Å². The fourth-order valence-corrected chi connectivity index (χ4v) is 8.77. The summed E-state index contributed by atoms with van der Waals surface area (Å²) in [6.07, 6.45) is 84.2. The van der Waals surface area contributed by atoms with Crippen LogP contribution in [0.1, 0.15) is 258 Å². The average molecular weight is 1130 g/mol. The van der Waals surface area contributed by atoms with Crippen LogP contribution in [-0.2, 0) is 33.3 Å². The number of quaternary nitrogens is 1. The Morgan fingerprint density at radius 3 is 0.988 bits per heavy atom. The predicted octanol–water partition coefficient (Wildman–Crippen LogP) is 18.7. The van der Waals surface area contributed by atoms with Crippen molar-refractivity contribution in [1.82, 2.24) is 0 Å². The van der Waals surface area contributed by atoms with E-state index in [9.17, 15) is 19.5 Å². The van der Waals surface area contributed by atoms with Gasteiger partial charge in [0.05, 0.1) is 40.3 Å². The molecular formula is C72H121NO8. The third-order valence-electron chi connectivity index (χ3n) is 13.7. The molecule has 0 aromatic heterocycles. The van der Waals surface area contributed by atoms with Gasteiger partial charge in [0.2, 0.25) is 0 Å². The van der Waals surface area contributed by atoms with Crippen LogP contribution in [0.2, 0.25) is 0 Å². The predicted molar refractivity (Wildman–Crippen MR) is 343 cm³/mol. The van der Waals surface area contributed by atoms with Crippen molar-refractivity contribution in [3.63, 3.8) is 0 Å². The topological polar surface area (TPSA) is 111 Å². The van der Waals surface area contributed by atoms with Gasteiger partial charge in [-0.05, 0) is 103 Å². The molecule has 0 amide bonds. The molecule has 0 spiro atoms. The molecule has 0 N–H and O–H groups in total. The second kappa shape index (κ2) is 61.8. The Bertz CT molecular complexity index is 1740. The lowest BCUT2D eigenvalue weighted by atomic mass is 10.0. The minimum absolute atomic E-state index is 0.142. The smallest absolute Gasteiger partial charge is 0.306 e. The molecule has 0 fully saturated rings. The number of unbranched alkanes of at least 4 members (excludes halogenated alkanes) is 24. The van der Waals surface area contributed by atoms with Crippen LogP contribution in [0, 0.1) is 0 Å². The van der Waals surface area contributed by atoms with Crippen LogP contribution in [0.3, 0.4) is 0 Å². The van der Waals surface area contributed by atoms with Gasteiger partial charge < -0.3 is 33.3 Å². The highest BCUT2D eigenvalue weighted by molar-refractivity contribution is 5.70. The van der Waals surface area contributed by atoms with Gasteiger partial charge in [-0.15, -0.1) is 0 Å². The molecule has 462 valence electrons. The third kappa shape index (κ3) is 63.1. The maximum absolute atomic E-state index is 12.9. The summed E-state index contributed by atoms with van der Waals surface area (Å²) < 4.78 is 22.7. The van der Waals surface area contributed by atoms with Crippen LogP contribution in [0.15, 0.2) is 122 Å². The molecule has 9 nitrogen and oxygen atoms in total. The monoisotopic (exact) mass is 1130 g/mol. The summed E-state index contributed by atoms with van der Waals surface area (Å²) in [6, 6.07) is 0. The number of ether oxygens (including phenoxy) is 4. The quantitative estimate of drug-likeness (QED) is 0.0195. The van der Waals surface area contributed by atoms with E-state index in [2.05, 4.69) is 135 Å². The lowest BCUT2D eigenvalue weighted by Gasteiger charge is -2.26. The number of nitrogens with zero attached hydrogens (tertiary/aromatic N) is 1. The normalized spacial score (nSPS) is 13.5. The minimum Gasteiger partial charge on any atom is -0.545 e. The third-order valence-corrected chi connectivity index (χ3v) is 13.7. The fourth-order valence-electron chi connectivity index (χ4n) is 8.77. The van der Waals surface area contributed by atoms with Crippen LogP contribution in [0.25, 0.3) is 0 Å². The number of esters is 2. The number of likely N-dealkylation sites (N-methyl/N-ethyl adjacent to an activating group) is 1. The van der Waals surface area contributed by atoms with E-state index in [1.54, 1.807) is 0 Å². The summed E-state index contributed by atoms with van der Waals surface area (Å²) >= 11 is 0. The number of rotatable bonds is 59. The van der Waals surface area contributed by atoms with E-state index >= 15 is 0 Å². The van der Waals surface area contributed by atoms with Gasteiger partial charge in [0.25, 0.3) is 0 Å². The molecule has 81 heavy (non-hydrogen) atoms. The highest BCUT2D eigenvalue weighted by Crippen LogP contribution is 2.16. The van der Waals surface area contributed by atoms with Gasteiger partial charge in [-0.2, -0.15) is 0 Å². The van der Waals surface area contributed by atoms with Crippen molar-refractivity contribution in [1.29, 1.82) is 0 Å². The number of hydrogen-bond acceptors (Lipinski definition) is 8. The molecule has 0 radical (unpaired) electrons. The van der Waals surface area contributed by atoms with Gasteiger partial charge in [-0.3, -0.25) is 9.59 Å². The Morgan fingerprint density at radius 2 is 0.667 bits per heavy atom.